The molecule has 0 aromatic heterocycles. The maximum absolute atomic E-state index is 12.5. The Hall–Kier alpha value is 0.251. The number of allylic oxidation sites excluding steroid dienone is 1. The third-order valence-electron chi connectivity index (χ3n) is 2.31. The molecule has 0 aliphatic carbocycles. The number of benzene rings is 1. The van der Waals surface area contributed by atoms with Gasteiger partial charge in [-0.15, -0.1) is 5.46 Å². The van der Waals surface area contributed by atoms with Crippen molar-refractivity contribution in [2.75, 3.05) is 6.61 Å². The topological polar surface area (TPSA) is 9.23 Å². The number of halogens is 3. The Morgan fingerprint density at radius 2 is 1.89 bits per heavy atom. The van der Waals surface area contributed by atoms with Gasteiger partial charge in [0.25, 0.3) is 0 Å². The zero-order valence-corrected chi connectivity index (χ0v) is 14.3. The molecule has 1 rings (SSSR count). The molecule has 0 heterocycles. The zero-order valence-electron chi connectivity index (χ0n) is 11.1. The molecule has 0 atom stereocenters. The summed E-state index contributed by atoms with van der Waals surface area (Å²) in [6, 6.07) is 3.56. The van der Waals surface area contributed by atoms with Gasteiger partial charge in [-0.05, 0) is 38.5 Å². The maximum Gasteiger partial charge on any atom is 1.00 e. The molecular weight excluding hydrogens is 267 g/mol. The van der Waals surface area contributed by atoms with Crippen LogP contribution >= 0.6 is 0 Å². The second-order valence-electron chi connectivity index (χ2n) is 4.19. The van der Waals surface area contributed by atoms with E-state index >= 15 is 0 Å². The van der Waals surface area contributed by atoms with Crippen LogP contribution < -0.4 is 61.6 Å². The van der Waals surface area contributed by atoms with E-state index in [1.165, 1.54) is 6.07 Å². The summed E-state index contributed by atoms with van der Waals surface area (Å²) in [5.41, 5.74) is 1.03. The molecule has 0 spiro atoms. The first-order valence-corrected chi connectivity index (χ1v) is 5.37. The molecule has 1 aromatic rings. The van der Waals surface area contributed by atoms with E-state index in [9.17, 15) is 12.9 Å². The van der Waals surface area contributed by atoms with Crippen LogP contribution in [0.3, 0.4) is 0 Å². The predicted molar refractivity (Wildman–Crippen MR) is 64.8 cm³/mol. The molecule has 0 aliphatic rings. The van der Waals surface area contributed by atoms with Crippen LogP contribution in [0.25, 0.3) is 0 Å². The van der Waals surface area contributed by atoms with E-state index in [4.69, 9.17) is 4.74 Å². The van der Waals surface area contributed by atoms with Crippen LogP contribution in [-0.4, -0.2) is 13.6 Å². The summed E-state index contributed by atoms with van der Waals surface area (Å²) in [5.74, 6) is 0.492. The maximum atomic E-state index is 12.5. The van der Waals surface area contributed by atoms with Gasteiger partial charge in [0, 0.05) is 0 Å². The molecule has 0 amide bonds. The molecule has 0 radical (unpaired) electrons. The first-order valence-electron chi connectivity index (χ1n) is 5.37. The summed E-state index contributed by atoms with van der Waals surface area (Å²) in [6.45, 7) is 0.928. The third kappa shape index (κ3) is 5.93. The SMILES string of the molecule is CC(C)=CCOc1ccc([B-](F)(F)F)cc1C.[K+]. The van der Waals surface area contributed by atoms with E-state index in [-0.39, 0.29) is 51.4 Å². The molecule has 0 saturated carbocycles. The summed E-state index contributed by atoms with van der Waals surface area (Å²) in [7, 11) is 0. The number of aryl methyl sites for hydroxylation is 1. The van der Waals surface area contributed by atoms with Crippen LogP contribution in [0.5, 0.6) is 5.75 Å². The summed E-state index contributed by atoms with van der Waals surface area (Å²) < 4.78 is 42.8. The molecule has 0 saturated heterocycles. The van der Waals surface area contributed by atoms with Gasteiger partial charge in [-0.3, -0.25) is 0 Å². The summed E-state index contributed by atoms with van der Waals surface area (Å²) in [4.78, 5) is 0. The van der Waals surface area contributed by atoms with E-state index < -0.39 is 12.4 Å². The fraction of sp³-hybridized carbons (Fsp3) is 0.333. The molecule has 0 N–H and O–H groups in total. The van der Waals surface area contributed by atoms with Gasteiger partial charge in [-0.25, -0.2) is 0 Å². The van der Waals surface area contributed by atoms with Gasteiger partial charge in [0.1, 0.15) is 12.4 Å². The monoisotopic (exact) mass is 282 g/mol. The van der Waals surface area contributed by atoms with Gasteiger partial charge in [-0.2, -0.15) is 0 Å². The Bertz CT molecular complexity index is 426. The van der Waals surface area contributed by atoms with Crippen molar-refractivity contribution in [2.24, 2.45) is 0 Å². The summed E-state index contributed by atoms with van der Waals surface area (Å²) in [6.07, 6.45) is 1.88. The Kier molecular flexibility index (Phi) is 7.86. The van der Waals surface area contributed by atoms with Crippen LogP contribution in [0.15, 0.2) is 29.8 Å². The summed E-state index contributed by atoms with van der Waals surface area (Å²) >= 11 is 0. The van der Waals surface area contributed by atoms with Crippen molar-refractivity contribution in [3.8, 4) is 5.75 Å². The normalized spacial score (nSPS) is 10.6. The first-order chi connectivity index (χ1) is 7.80. The minimum absolute atomic E-state index is 0. The number of hydrogen-bond acceptors (Lipinski definition) is 1. The predicted octanol–water partition coefficient (Wildman–Crippen LogP) is 0.398. The van der Waals surface area contributed by atoms with Gasteiger partial charge in [0.05, 0.1) is 0 Å². The van der Waals surface area contributed by atoms with Crippen molar-refractivity contribution in [1.29, 1.82) is 0 Å². The molecule has 0 bridgehead atoms. The molecule has 0 unspecified atom stereocenters. The van der Waals surface area contributed by atoms with Crippen molar-refractivity contribution in [3.05, 3.63) is 35.4 Å². The largest absolute Gasteiger partial charge is 1.00 e. The molecule has 0 fully saturated rings. The number of rotatable bonds is 4. The Labute approximate surface area is 148 Å². The average molecular weight is 282 g/mol. The number of ether oxygens (including phenoxy) is 1. The van der Waals surface area contributed by atoms with Gasteiger partial charge in [0.15, 0.2) is 0 Å². The quantitative estimate of drug-likeness (QED) is 0.574. The fourth-order valence-corrected chi connectivity index (χ4v) is 1.34. The Morgan fingerprint density at radius 1 is 1.28 bits per heavy atom. The van der Waals surface area contributed by atoms with Crippen molar-refractivity contribution in [3.63, 3.8) is 0 Å². The minimum Gasteiger partial charge on any atom is -0.489 e. The third-order valence-corrected chi connectivity index (χ3v) is 2.31. The van der Waals surface area contributed by atoms with Gasteiger partial charge in [-0.1, -0.05) is 17.7 Å². The first kappa shape index (κ1) is 18.3. The van der Waals surface area contributed by atoms with Crippen molar-refractivity contribution in [1.82, 2.24) is 0 Å². The molecule has 1 nitrogen and oxygen atoms in total. The second-order valence-corrected chi connectivity index (χ2v) is 4.19. The van der Waals surface area contributed by atoms with Crippen LogP contribution in [-0.2, 0) is 0 Å². The van der Waals surface area contributed by atoms with Crippen LogP contribution in [0.4, 0.5) is 12.9 Å². The molecule has 1 aromatic carbocycles. The van der Waals surface area contributed by atoms with Crippen LogP contribution in [0.2, 0.25) is 0 Å². The van der Waals surface area contributed by atoms with E-state index in [1.807, 2.05) is 19.9 Å². The van der Waals surface area contributed by atoms with Gasteiger partial charge in [0.2, 0.25) is 0 Å². The fourth-order valence-electron chi connectivity index (χ4n) is 1.34. The van der Waals surface area contributed by atoms with Gasteiger partial charge >= 0.3 is 58.4 Å². The van der Waals surface area contributed by atoms with Crippen LogP contribution in [0, 0.1) is 6.92 Å². The van der Waals surface area contributed by atoms with Crippen molar-refractivity contribution in [2.45, 2.75) is 20.8 Å². The van der Waals surface area contributed by atoms with E-state index in [2.05, 4.69) is 0 Å². The smallest absolute Gasteiger partial charge is 0.489 e. The average Bonchev–Trinajstić information content (AvgIpc) is 2.18. The van der Waals surface area contributed by atoms with E-state index in [1.54, 1.807) is 6.92 Å². The molecule has 0 aliphatic heterocycles. The molecular formula is C12H15BF3KO. The zero-order chi connectivity index (χ0) is 13.1. The molecule has 6 heteroatoms. The standard InChI is InChI=1S/C12H15BF3O.K/c1-9(2)6-7-17-12-5-4-11(8-10(12)3)13(14,15)16;/h4-6,8H,7H2,1-3H3;/q-1;+1. The second kappa shape index (κ2) is 7.75. The molecule has 18 heavy (non-hydrogen) atoms. The Morgan fingerprint density at radius 3 is 2.33 bits per heavy atom. The number of hydrogen-bond donors (Lipinski definition) is 0. The molecule has 94 valence electrons. The van der Waals surface area contributed by atoms with Crippen molar-refractivity contribution < 1.29 is 69.1 Å². The van der Waals surface area contributed by atoms with Crippen LogP contribution in [0.1, 0.15) is 19.4 Å². The van der Waals surface area contributed by atoms with E-state index in [0.717, 1.165) is 17.7 Å². The summed E-state index contributed by atoms with van der Waals surface area (Å²) in [5, 5.41) is 0. The minimum atomic E-state index is -4.93. The Balaban J connectivity index is 0.00000289. The van der Waals surface area contributed by atoms with Crippen molar-refractivity contribution >= 4 is 12.4 Å². The van der Waals surface area contributed by atoms with E-state index in [0.29, 0.717) is 17.9 Å². The van der Waals surface area contributed by atoms with Gasteiger partial charge < -0.3 is 17.7 Å².